The molecule has 2 aromatic rings. The lowest BCUT2D eigenvalue weighted by atomic mass is 10.2. The van der Waals surface area contributed by atoms with E-state index in [4.69, 9.17) is 11.5 Å². The van der Waals surface area contributed by atoms with Gasteiger partial charge in [0.2, 0.25) is 11.9 Å². The SMILES string of the molecule is CN(C)CCNC(=O)c1ccc(-n2nc(N)nc2N)cc1. The van der Waals surface area contributed by atoms with Crippen LogP contribution in [-0.2, 0) is 0 Å². The molecule has 0 radical (unpaired) electrons. The van der Waals surface area contributed by atoms with Crippen LogP contribution >= 0.6 is 0 Å². The number of nitrogens with two attached hydrogens (primary N) is 2. The maximum atomic E-state index is 11.9. The Kier molecular flexibility index (Phi) is 4.39. The van der Waals surface area contributed by atoms with Gasteiger partial charge in [-0.25, -0.2) is 0 Å². The van der Waals surface area contributed by atoms with Gasteiger partial charge in [0.05, 0.1) is 5.69 Å². The van der Waals surface area contributed by atoms with E-state index in [-0.39, 0.29) is 17.8 Å². The smallest absolute Gasteiger partial charge is 0.251 e. The first kappa shape index (κ1) is 14.8. The second-order valence-corrected chi connectivity index (χ2v) is 4.85. The molecule has 1 heterocycles. The first-order valence-corrected chi connectivity index (χ1v) is 6.49. The number of aromatic nitrogens is 3. The predicted molar refractivity (Wildman–Crippen MR) is 81.1 cm³/mol. The van der Waals surface area contributed by atoms with E-state index in [9.17, 15) is 4.79 Å². The fourth-order valence-corrected chi connectivity index (χ4v) is 1.78. The van der Waals surface area contributed by atoms with Gasteiger partial charge in [0, 0.05) is 18.7 Å². The zero-order valence-corrected chi connectivity index (χ0v) is 12.1. The fraction of sp³-hybridized carbons (Fsp3) is 0.308. The average molecular weight is 289 g/mol. The van der Waals surface area contributed by atoms with Gasteiger partial charge < -0.3 is 21.7 Å². The van der Waals surface area contributed by atoms with E-state index in [1.54, 1.807) is 24.3 Å². The lowest BCUT2D eigenvalue weighted by molar-refractivity contribution is 0.0951. The Morgan fingerprint density at radius 2 is 1.95 bits per heavy atom. The highest BCUT2D eigenvalue weighted by atomic mass is 16.1. The number of hydrogen-bond donors (Lipinski definition) is 3. The summed E-state index contributed by atoms with van der Waals surface area (Å²) in [5.74, 6) is 0.197. The number of carbonyl (C=O) groups excluding carboxylic acids is 1. The molecule has 0 unspecified atom stereocenters. The van der Waals surface area contributed by atoms with Gasteiger partial charge in [-0.15, -0.1) is 5.10 Å². The van der Waals surface area contributed by atoms with E-state index in [1.807, 2.05) is 19.0 Å². The zero-order chi connectivity index (χ0) is 15.4. The first-order chi connectivity index (χ1) is 9.97. The molecule has 8 nitrogen and oxygen atoms in total. The van der Waals surface area contributed by atoms with Crippen molar-refractivity contribution < 1.29 is 4.79 Å². The Bertz CT molecular complexity index is 618. The number of benzene rings is 1. The Balaban J connectivity index is 2.05. The van der Waals surface area contributed by atoms with Crippen LogP contribution in [0.5, 0.6) is 0 Å². The van der Waals surface area contributed by atoms with E-state index in [0.717, 1.165) is 6.54 Å². The molecule has 1 aromatic heterocycles. The Morgan fingerprint density at radius 3 is 2.48 bits per heavy atom. The van der Waals surface area contributed by atoms with Crippen LogP contribution in [0.4, 0.5) is 11.9 Å². The van der Waals surface area contributed by atoms with Crippen LogP contribution in [-0.4, -0.2) is 52.8 Å². The summed E-state index contributed by atoms with van der Waals surface area (Å²) in [5, 5.41) is 6.82. The summed E-state index contributed by atoms with van der Waals surface area (Å²) in [4.78, 5) is 17.8. The van der Waals surface area contributed by atoms with Gasteiger partial charge in [0.1, 0.15) is 0 Å². The average Bonchev–Trinajstić information content (AvgIpc) is 2.77. The van der Waals surface area contributed by atoms with Crippen LogP contribution in [0, 0.1) is 0 Å². The number of nitrogens with zero attached hydrogens (tertiary/aromatic N) is 4. The molecule has 2 rings (SSSR count). The minimum Gasteiger partial charge on any atom is -0.368 e. The number of nitrogens with one attached hydrogen (secondary N) is 1. The third-order valence-corrected chi connectivity index (χ3v) is 2.87. The third-order valence-electron chi connectivity index (χ3n) is 2.87. The Morgan fingerprint density at radius 1 is 1.29 bits per heavy atom. The molecule has 0 atom stereocenters. The molecule has 0 aliphatic heterocycles. The maximum Gasteiger partial charge on any atom is 0.251 e. The minimum atomic E-state index is -0.116. The molecule has 21 heavy (non-hydrogen) atoms. The molecule has 1 aromatic carbocycles. The van der Waals surface area contributed by atoms with E-state index >= 15 is 0 Å². The van der Waals surface area contributed by atoms with Crippen LogP contribution in [0.3, 0.4) is 0 Å². The summed E-state index contributed by atoms with van der Waals surface area (Å²) >= 11 is 0. The Labute approximate surface area is 122 Å². The van der Waals surface area contributed by atoms with Crippen molar-refractivity contribution in [1.82, 2.24) is 25.0 Å². The van der Waals surface area contributed by atoms with Crippen LogP contribution in [0.2, 0.25) is 0 Å². The van der Waals surface area contributed by atoms with Gasteiger partial charge in [0.15, 0.2) is 0 Å². The van der Waals surface area contributed by atoms with Gasteiger partial charge in [0.25, 0.3) is 5.91 Å². The molecule has 0 saturated heterocycles. The van der Waals surface area contributed by atoms with Gasteiger partial charge in [-0.05, 0) is 38.4 Å². The second kappa shape index (κ2) is 6.23. The lowest BCUT2D eigenvalue weighted by Gasteiger charge is -2.10. The molecule has 8 heteroatoms. The summed E-state index contributed by atoms with van der Waals surface area (Å²) in [5.41, 5.74) is 12.4. The first-order valence-electron chi connectivity index (χ1n) is 6.49. The molecule has 1 amide bonds. The number of nitrogen functional groups attached to an aromatic ring is 2. The molecule has 5 N–H and O–H groups in total. The monoisotopic (exact) mass is 289 g/mol. The van der Waals surface area contributed by atoms with E-state index in [1.165, 1.54) is 4.68 Å². The summed E-state index contributed by atoms with van der Waals surface area (Å²) in [6.07, 6.45) is 0. The fourth-order valence-electron chi connectivity index (χ4n) is 1.78. The van der Waals surface area contributed by atoms with Crippen molar-refractivity contribution in [2.45, 2.75) is 0 Å². The van der Waals surface area contributed by atoms with Gasteiger partial charge in [-0.1, -0.05) is 0 Å². The molecule has 0 aliphatic carbocycles. The number of carbonyl (C=O) groups is 1. The molecule has 0 fully saturated rings. The molecule has 0 spiro atoms. The van der Waals surface area contributed by atoms with Crippen LogP contribution in [0.1, 0.15) is 10.4 Å². The van der Waals surface area contributed by atoms with E-state index < -0.39 is 0 Å². The van der Waals surface area contributed by atoms with Crippen LogP contribution in [0.25, 0.3) is 5.69 Å². The molecule has 0 saturated carbocycles. The van der Waals surface area contributed by atoms with Crippen LogP contribution < -0.4 is 16.8 Å². The van der Waals surface area contributed by atoms with Gasteiger partial charge in [-0.3, -0.25) is 4.79 Å². The molecule has 0 aliphatic rings. The van der Waals surface area contributed by atoms with Crippen molar-refractivity contribution in [3.8, 4) is 5.69 Å². The van der Waals surface area contributed by atoms with Crippen molar-refractivity contribution in [2.24, 2.45) is 0 Å². The van der Waals surface area contributed by atoms with Crippen molar-refractivity contribution in [3.05, 3.63) is 29.8 Å². The van der Waals surface area contributed by atoms with Gasteiger partial charge >= 0.3 is 0 Å². The highest BCUT2D eigenvalue weighted by Crippen LogP contribution is 2.13. The highest BCUT2D eigenvalue weighted by molar-refractivity contribution is 5.94. The summed E-state index contributed by atoms with van der Waals surface area (Å²) in [6.45, 7) is 1.39. The van der Waals surface area contributed by atoms with Crippen molar-refractivity contribution in [2.75, 3.05) is 38.7 Å². The summed E-state index contributed by atoms with van der Waals surface area (Å²) < 4.78 is 1.42. The zero-order valence-electron chi connectivity index (χ0n) is 12.1. The quantitative estimate of drug-likeness (QED) is 0.697. The predicted octanol–water partition coefficient (Wildman–Crippen LogP) is -0.277. The number of anilines is 2. The second-order valence-electron chi connectivity index (χ2n) is 4.85. The van der Waals surface area contributed by atoms with Crippen molar-refractivity contribution >= 4 is 17.8 Å². The highest BCUT2D eigenvalue weighted by Gasteiger charge is 2.09. The normalized spacial score (nSPS) is 10.8. The Hall–Kier alpha value is -2.61. The maximum absolute atomic E-state index is 11.9. The molecule has 0 bridgehead atoms. The molecule has 112 valence electrons. The summed E-state index contributed by atoms with van der Waals surface area (Å²) in [6, 6.07) is 6.89. The number of hydrogen-bond acceptors (Lipinski definition) is 6. The molecular weight excluding hydrogens is 270 g/mol. The summed E-state index contributed by atoms with van der Waals surface area (Å²) in [7, 11) is 3.91. The lowest BCUT2D eigenvalue weighted by Crippen LogP contribution is -2.31. The number of rotatable bonds is 5. The topological polar surface area (TPSA) is 115 Å². The van der Waals surface area contributed by atoms with E-state index in [0.29, 0.717) is 17.8 Å². The van der Waals surface area contributed by atoms with Crippen molar-refractivity contribution in [3.63, 3.8) is 0 Å². The standard InChI is InChI=1S/C13H19N7O/c1-19(2)8-7-16-11(21)9-3-5-10(6-4-9)20-13(15)17-12(14)18-20/h3-6H,7-8H2,1-2H3,(H,16,21)(H4,14,15,17,18). The van der Waals surface area contributed by atoms with Crippen LogP contribution in [0.15, 0.2) is 24.3 Å². The van der Waals surface area contributed by atoms with E-state index in [2.05, 4.69) is 15.4 Å². The van der Waals surface area contributed by atoms with Crippen molar-refractivity contribution in [1.29, 1.82) is 0 Å². The van der Waals surface area contributed by atoms with Gasteiger partial charge in [-0.2, -0.15) is 9.67 Å². The third kappa shape index (κ3) is 3.69. The largest absolute Gasteiger partial charge is 0.368 e. The number of amides is 1. The minimum absolute atomic E-state index is 0.109. The number of likely N-dealkylation sites (N-methyl/N-ethyl adjacent to an activating group) is 1. The molecular formula is C13H19N7O.